The minimum Gasteiger partial charge on any atom is -0.444 e. The Labute approximate surface area is 133 Å². The average molecular weight is 305 g/mol. The molecule has 0 radical (unpaired) electrons. The molecule has 0 heterocycles. The van der Waals surface area contributed by atoms with E-state index in [1.54, 1.807) is 4.90 Å². The number of carbonyl (C=O) groups is 2. The molecule has 0 saturated heterocycles. The molecule has 1 rings (SSSR count). The fourth-order valence-corrected chi connectivity index (χ4v) is 2.18. The van der Waals surface area contributed by atoms with Gasteiger partial charge in [-0.1, -0.05) is 30.3 Å². The van der Waals surface area contributed by atoms with Crippen molar-refractivity contribution in [3.63, 3.8) is 0 Å². The average Bonchev–Trinajstić information content (AvgIpc) is 2.45. The van der Waals surface area contributed by atoms with Crippen molar-refractivity contribution in [3.05, 3.63) is 35.9 Å². The molecular weight excluding hydrogens is 278 g/mol. The molecule has 0 N–H and O–H groups in total. The van der Waals surface area contributed by atoms with Crippen molar-refractivity contribution in [2.24, 2.45) is 0 Å². The third-order valence-corrected chi connectivity index (χ3v) is 3.35. The number of ether oxygens (including phenoxy) is 1. The van der Waals surface area contributed by atoms with Crippen LogP contribution in [0.3, 0.4) is 0 Å². The van der Waals surface area contributed by atoms with Gasteiger partial charge >= 0.3 is 6.09 Å². The topological polar surface area (TPSA) is 46.6 Å². The highest BCUT2D eigenvalue weighted by atomic mass is 16.6. The molecule has 4 heteroatoms. The van der Waals surface area contributed by atoms with E-state index in [1.165, 1.54) is 0 Å². The first-order valence-corrected chi connectivity index (χ1v) is 7.83. The number of hydrogen-bond acceptors (Lipinski definition) is 3. The van der Waals surface area contributed by atoms with Crippen LogP contribution in [-0.2, 0) is 9.53 Å². The van der Waals surface area contributed by atoms with Gasteiger partial charge < -0.3 is 14.4 Å². The lowest BCUT2D eigenvalue weighted by Crippen LogP contribution is -2.39. The monoisotopic (exact) mass is 305 g/mol. The van der Waals surface area contributed by atoms with Crippen LogP contribution in [0.25, 0.3) is 0 Å². The molecule has 1 amide bonds. The van der Waals surface area contributed by atoms with Crippen molar-refractivity contribution in [1.82, 2.24) is 4.90 Å². The van der Waals surface area contributed by atoms with Crippen molar-refractivity contribution in [3.8, 4) is 0 Å². The van der Waals surface area contributed by atoms with Gasteiger partial charge in [-0.25, -0.2) is 4.79 Å². The normalized spacial score (nSPS) is 12.5. The summed E-state index contributed by atoms with van der Waals surface area (Å²) >= 11 is 0. The Hall–Kier alpha value is -1.84. The van der Waals surface area contributed by atoms with Crippen LogP contribution >= 0.6 is 0 Å². The summed E-state index contributed by atoms with van der Waals surface area (Å²) in [5, 5.41) is 0. The van der Waals surface area contributed by atoms with Gasteiger partial charge in [-0.05, 0) is 46.1 Å². The van der Waals surface area contributed by atoms with Crippen LogP contribution in [0.5, 0.6) is 0 Å². The number of hydrogen-bond donors (Lipinski definition) is 0. The van der Waals surface area contributed by atoms with Gasteiger partial charge in [0, 0.05) is 13.0 Å². The van der Waals surface area contributed by atoms with Crippen LogP contribution in [0.4, 0.5) is 4.79 Å². The number of aldehydes is 1. The summed E-state index contributed by atoms with van der Waals surface area (Å²) in [6.07, 6.45) is 2.70. The van der Waals surface area contributed by atoms with Gasteiger partial charge in [0.2, 0.25) is 0 Å². The highest BCUT2D eigenvalue weighted by Gasteiger charge is 2.26. The first-order valence-electron chi connectivity index (χ1n) is 7.83. The molecule has 0 unspecified atom stereocenters. The third kappa shape index (κ3) is 6.29. The second kappa shape index (κ2) is 8.57. The van der Waals surface area contributed by atoms with Crippen LogP contribution in [0.2, 0.25) is 0 Å². The van der Waals surface area contributed by atoms with Crippen LogP contribution in [0.1, 0.15) is 58.6 Å². The summed E-state index contributed by atoms with van der Waals surface area (Å²) in [6, 6.07) is 9.84. The molecular formula is C18H27NO3. The molecule has 0 fully saturated rings. The predicted molar refractivity (Wildman–Crippen MR) is 87.7 cm³/mol. The quantitative estimate of drug-likeness (QED) is 0.555. The smallest absolute Gasteiger partial charge is 0.410 e. The lowest BCUT2D eigenvalue weighted by Gasteiger charge is -2.32. The summed E-state index contributed by atoms with van der Waals surface area (Å²) < 4.78 is 5.52. The van der Waals surface area contributed by atoms with E-state index in [4.69, 9.17) is 4.74 Å². The number of amides is 1. The SMILES string of the molecule is C[C@@H](c1ccccc1)N(CCCCC=O)C(=O)OC(C)(C)C. The minimum absolute atomic E-state index is 0.0627. The second-order valence-electron chi connectivity index (χ2n) is 6.42. The third-order valence-electron chi connectivity index (χ3n) is 3.35. The van der Waals surface area contributed by atoms with E-state index in [1.807, 2.05) is 58.0 Å². The number of benzene rings is 1. The van der Waals surface area contributed by atoms with E-state index in [0.29, 0.717) is 13.0 Å². The predicted octanol–water partition coefficient (Wildman–Crippen LogP) is 4.35. The van der Waals surface area contributed by atoms with Gasteiger partial charge in [-0.15, -0.1) is 0 Å². The summed E-state index contributed by atoms with van der Waals surface area (Å²) in [5.74, 6) is 0. The summed E-state index contributed by atoms with van der Waals surface area (Å²) in [5.41, 5.74) is 0.554. The Morgan fingerprint density at radius 1 is 1.23 bits per heavy atom. The highest BCUT2D eigenvalue weighted by molar-refractivity contribution is 5.68. The lowest BCUT2D eigenvalue weighted by molar-refractivity contribution is -0.107. The largest absolute Gasteiger partial charge is 0.444 e. The maximum Gasteiger partial charge on any atom is 0.410 e. The molecule has 0 aliphatic carbocycles. The zero-order valence-electron chi connectivity index (χ0n) is 14.0. The van der Waals surface area contributed by atoms with Gasteiger partial charge in [0.25, 0.3) is 0 Å². The van der Waals surface area contributed by atoms with Crippen LogP contribution in [0.15, 0.2) is 30.3 Å². The van der Waals surface area contributed by atoms with Crippen LogP contribution < -0.4 is 0 Å². The van der Waals surface area contributed by atoms with Crippen molar-refractivity contribution in [1.29, 1.82) is 0 Å². The molecule has 22 heavy (non-hydrogen) atoms. The van der Waals surface area contributed by atoms with Crippen LogP contribution in [-0.4, -0.2) is 29.4 Å². The van der Waals surface area contributed by atoms with E-state index in [-0.39, 0.29) is 12.1 Å². The Morgan fingerprint density at radius 3 is 2.41 bits per heavy atom. The summed E-state index contributed by atoms with van der Waals surface area (Å²) in [6.45, 7) is 8.17. The van der Waals surface area contributed by atoms with Crippen molar-refractivity contribution in [2.45, 2.75) is 58.6 Å². The maximum absolute atomic E-state index is 12.5. The summed E-state index contributed by atoms with van der Waals surface area (Å²) in [7, 11) is 0. The van der Waals surface area contributed by atoms with Gasteiger partial charge in [0.05, 0.1) is 6.04 Å². The lowest BCUT2D eigenvalue weighted by atomic mass is 10.1. The molecule has 122 valence electrons. The fraction of sp³-hybridized carbons (Fsp3) is 0.556. The molecule has 0 saturated carbocycles. The zero-order valence-corrected chi connectivity index (χ0v) is 14.0. The number of rotatable bonds is 7. The standard InChI is InChI=1S/C18H27NO3/c1-15(16-11-7-5-8-12-16)19(13-9-6-10-14-20)17(21)22-18(2,3)4/h5,7-8,11-12,14-15H,6,9-10,13H2,1-4H3/t15-/m0/s1. The number of carbonyl (C=O) groups excluding carboxylic acids is 2. The molecule has 1 atom stereocenters. The van der Waals surface area contributed by atoms with Crippen molar-refractivity contribution >= 4 is 12.4 Å². The van der Waals surface area contributed by atoms with E-state index < -0.39 is 5.60 Å². The first kappa shape index (κ1) is 18.2. The molecule has 1 aromatic rings. The Balaban J connectivity index is 2.80. The van der Waals surface area contributed by atoms with Gasteiger partial charge in [-0.3, -0.25) is 0 Å². The second-order valence-corrected chi connectivity index (χ2v) is 6.42. The fourth-order valence-electron chi connectivity index (χ4n) is 2.18. The Bertz CT molecular complexity index is 465. The van der Waals surface area contributed by atoms with Crippen molar-refractivity contribution in [2.75, 3.05) is 6.54 Å². The zero-order chi connectivity index (χ0) is 16.6. The van der Waals surface area contributed by atoms with E-state index >= 15 is 0 Å². The Kier molecular flexibility index (Phi) is 7.09. The first-order chi connectivity index (χ1) is 10.3. The molecule has 0 aromatic heterocycles. The van der Waals surface area contributed by atoms with E-state index in [9.17, 15) is 9.59 Å². The van der Waals surface area contributed by atoms with Gasteiger partial charge in [0.1, 0.15) is 11.9 Å². The molecule has 4 nitrogen and oxygen atoms in total. The minimum atomic E-state index is -0.519. The molecule has 1 aromatic carbocycles. The van der Waals surface area contributed by atoms with Crippen molar-refractivity contribution < 1.29 is 14.3 Å². The maximum atomic E-state index is 12.5. The molecule has 0 aliphatic heterocycles. The van der Waals surface area contributed by atoms with E-state index in [2.05, 4.69) is 0 Å². The number of nitrogens with zero attached hydrogens (tertiary/aromatic N) is 1. The molecule has 0 aliphatic rings. The van der Waals surface area contributed by atoms with Crippen LogP contribution in [0, 0.1) is 0 Å². The highest BCUT2D eigenvalue weighted by Crippen LogP contribution is 2.23. The Morgan fingerprint density at radius 2 is 1.86 bits per heavy atom. The summed E-state index contributed by atoms with van der Waals surface area (Å²) in [4.78, 5) is 24.6. The van der Waals surface area contributed by atoms with E-state index in [0.717, 1.165) is 24.7 Å². The molecule has 0 bridgehead atoms. The van der Waals surface area contributed by atoms with Gasteiger partial charge in [-0.2, -0.15) is 0 Å². The van der Waals surface area contributed by atoms with Gasteiger partial charge in [0.15, 0.2) is 0 Å². The molecule has 0 spiro atoms. The number of unbranched alkanes of at least 4 members (excludes halogenated alkanes) is 2.